The molecule has 1 aliphatic heterocycles. The molecule has 1 aliphatic rings. The summed E-state index contributed by atoms with van der Waals surface area (Å²) in [7, 11) is 0. The van der Waals surface area contributed by atoms with Crippen molar-refractivity contribution in [3.63, 3.8) is 0 Å². The predicted molar refractivity (Wildman–Crippen MR) is 45.0 cm³/mol. The topological polar surface area (TPSA) is 64.1 Å². The maximum absolute atomic E-state index is 11.3. The number of nitrogens with zero attached hydrogens (tertiary/aromatic N) is 2. The van der Waals surface area contributed by atoms with Gasteiger partial charge in [-0.25, -0.2) is 4.98 Å². The van der Waals surface area contributed by atoms with E-state index < -0.39 is 0 Å². The van der Waals surface area contributed by atoms with Gasteiger partial charge < -0.3 is 10.1 Å². The molecule has 0 radical (unpaired) electrons. The second-order valence-electron chi connectivity index (χ2n) is 2.81. The number of hydrogen-bond acceptors (Lipinski definition) is 4. The minimum atomic E-state index is -0.0493. The number of amides is 1. The summed E-state index contributed by atoms with van der Waals surface area (Å²) in [6.07, 6.45) is 4.60. The molecule has 1 N–H and O–H groups in total. The zero-order valence-corrected chi connectivity index (χ0v) is 6.93. The molecule has 68 valence electrons. The molecular weight excluding hydrogens is 170 g/mol. The van der Waals surface area contributed by atoms with Crippen molar-refractivity contribution in [2.45, 2.75) is 0 Å². The van der Waals surface area contributed by atoms with Gasteiger partial charge in [0, 0.05) is 12.4 Å². The van der Waals surface area contributed by atoms with Crippen molar-refractivity contribution in [1.82, 2.24) is 9.97 Å². The fraction of sp³-hybridized carbons (Fsp3) is 0.375. The Kier molecular flexibility index (Phi) is 2.18. The summed E-state index contributed by atoms with van der Waals surface area (Å²) in [5.74, 6) is 0.410. The molecule has 2 heterocycles. The number of ether oxygens (including phenoxy) is 1. The predicted octanol–water partition coefficient (Wildman–Crippen LogP) is 0.0615. The first-order valence-electron chi connectivity index (χ1n) is 4.01. The summed E-state index contributed by atoms with van der Waals surface area (Å²) >= 11 is 0. The van der Waals surface area contributed by atoms with E-state index in [-0.39, 0.29) is 11.8 Å². The Morgan fingerprint density at radius 3 is 2.92 bits per heavy atom. The van der Waals surface area contributed by atoms with Crippen LogP contribution in [0.4, 0.5) is 5.82 Å². The highest BCUT2D eigenvalue weighted by Gasteiger charge is 2.26. The highest BCUT2D eigenvalue weighted by molar-refractivity contribution is 5.92. The molecule has 1 amide bonds. The van der Waals surface area contributed by atoms with Crippen LogP contribution in [-0.4, -0.2) is 29.1 Å². The molecule has 5 nitrogen and oxygen atoms in total. The third-order valence-corrected chi connectivity index (χ3v) is 1.82. The lowest BCUT2D eigenvalue weighted by molar-refractivity contribution is -0.133. The molecular formula is C8H9N3O2. The molecule has 2 rings (SSSR count). The van der Waals surface area contributed by atoms with Crippen molar-refractivity contribution < 1.29 is 9.53 Å². The van der Waals surface area contributed by atoms with Gasteiger partial charge in [-0.2, -0.15) is 0 Å². The molecule has 0 unspecified atom stereocenters. The van der Waals surface area contributed by atoms with Crippen LogP contribution in [0.15, 0.2) is 18.6 Å². The molecule has 0 aliphatic carbocycles. The Morgan fingerprint density at radius 1 is 1.54 bits per heavy atom. The van der Waals surface area contributed by atoms with E-state index >= 15 is 0 Å². The molecule has 1 saturated heterocycles. The lowest BCUT2D eigenvalue weighted by Crippen LogP contribution is -2.38. The normalized spacial score (nSPS) is 16.3. The zero-order chi connectivity index (χ0) is 9.10. The Morgan fingerprint density at radius 2 is 2.38 bits per heavy atom. The summed E-state index contributed by atoms with van der Waals surface area (Å²) in [5.41, 5.74) is 0. The van der Waals surface area contributed by atoms with Crippen LogP contribution in [0.1, 0.15) is 0 Å². The first-order valence-corrected chi connectivity index (χ1v) is 4.01. The molecule has 0 saturated carbocycles. The quantitative estimate of drug-likeness (QED) is 0.697. The van der Waals surface area contributed by atoms with Crippen LogP contribution < -0.4 is 5.32 Å². The standard InChI is InChI=1S/C8H9N3O2/c12-8(6-4-13-5-6)11-7-3-9-1-2-10-7/h1-3,6H,4-5H2,(H,10,11,12). The Bertz CT molecular complexity index is 298. The first kappa shape index (κ1) is 8.12. The van der Waals surface area contributed by atoms with Crippen molar-refractivity contribution in [2.75, 3.05) is 18.5 Å². The van der Waals surface area contributed by atoms with Gasteiger partial charge in [-0.15, -0.1) is 0 Å². The van der Waals surface area contributed by atoms with Crippen molar-refractivity contribution in [1.29, 1.82) is 0 Å². The summed E-state index contributed by atoms with van der Waals surface area (Å²) in [6, 6.07) is 0. The van der Waals surface area contributed by atoms with Crippen LogP contribution in [0.3, 0.4) is 0 Å². The second-order valence-corrected chi connectivity index (χ2v) is 2.81. The van der Waals surface area contributed by atoms with Gasteiger partial charge in [-0.05, 0) is 0 Å². The molecule has 0 spiro atoms. The fourth-order valence-electron chi connectivity index (χ4n) is 0.979. The maximum atomic E-state index is 11.3. The van der Waals surface area contributed by atoms with Crippen molar-refractivity contribution in [3.8, 4) is 0 Å². The van der Waals surface area contributed by atoms with Gasteiger partial charge >= 0.3 is 0 Å². The van der Waals surface area contributed by atoms with E-state index in [9.17, 15) is 4.79 Å². The second kappa shape index (κ2) is 3.49. The summed E-state index contributed by atoms with van der Waals surface area (Å²) < 4.78 is 4.90. The fourth-order valence-corrected chi connectivity index (χ4v) is 0.979. The molecule has 0 aromatic carbocycles. The van der Waals surface area contributed by atoms with Crippen LogP contribution in [0.25, 0.3) is 0 Å². The van der Waals surface area contributed by atoms with Crippen LogP contribution in [0.2, 0.25) is 0 Å². The van der Waals surface area contributed by atoms with Crippen LogP contribution >= 0.6 is 0 Å². The van der Waals surface area contributed by atoms with E-state index in [1.165, 1.54) is 12.4 Å². The number of nitrogens with one attached hydrogen (secondary N) is 1. The number of aromatic nitrogens is 2. The zero-order valence-electron chi connectivity index (χ0n) is 6.93. The van der Waals surface area contributed by atoms with Crippen LogP contribution in [0, 0.1) is 5.92 Å². The SMILES string of the molecule is O=C(Nc1cnccn1)C1COC1. The molecule has 0 bridgehead atoms. The Balaban J connectivity index is 1.94. The summed E-state index contributed by atoms with van der Waals surface area (Å²) in [6.45, 7) is 1.01. The van der Waals surface area contributed by atoms with Crippen LogP contribution in [-0.2, 0) is 9.53 Å². The van der Waals surface area contributed by atoms with Gasteiger partial charge in [-0.1, -0.05) is 0 Å². The van der Waals surface area contributed by atoms with Gasteiger partial charge in [0.1, 0.15) is 0 Å². The smallest absolute Gasteiger partial charge is 0.233 e. The number of hydrogen-bond donors (Lipinski definition) is 1. The van der Waals surface area contributed by atoms with Gasteiger partial charge in [0.05, 0.1) is 25.3 Å². The molecule has 1 fully saturated rings. The van der Waals surface area contributed by atoms with Gasteiger partial charge in [0.15, 0.2) is 5.82 Å². The Hall–Kier alpha value is -1.49. The highest BCUT2D eigenvalue weighted by atomic mass is 16.5. The largest absolute Gasteiger partial charge is 0.380 e. The number of carbonyl (C=O) groups is 1. The van der Waals surface area contributed by atoms with Crippen molar-refractivity contribution >= 4 is 11.7 Å². The van der Waals surface area contributed by atoms with Gasteiger partial charge in [0.2, 0.25) is 5.91 Å². The third kappa shape index (κ3) is 1.81. The summed E-state index contributed by atoms with van der Waals surface area (Å²) in [5, 5.41) is 2.65. The number of anilines is 1. The van der Waals surface area contributed by atoms with E-state index in [2.05, 4.69) is 15.3 Å². The van der Waals surface area contributed by atoms with E-state index in [4.69, 9.17) is 4.74 Å². The molecule has 13 heavy (non-hydrogen) atoms. The minimum Gasteiger partial charge on any atom is -0.380 e. The molecule has 0 atom stereocenters. The molecule has 1 aromatic heterocycles. The minimum absolute atomic E-state index is 0.0259. The molecule has 5 heteroatoms. The van der Waals surface area contributed by atoms with E-state index in [1.807, 2.05) is 0 Å². The van der Waals surface area contributed by atoms with E-state index in [0.29, 0.717) is 19.0 Å². The number of rotatable bonds is 2. The van der Waals surface area contributed by atoms with Crippen molar-refractivity contribution in [3.05, 3.63) is 18.6 Å². The average molecular weight is 179 g/mol. The first-order chi connectivity index (χ1) is 6.36. The summed E-state index contributed by atoms with van der Waals surface area (Å²) in [4.78, 5) is 19.1. The highest BCUT2D eigenvalue weighted by Crippen LogP contribution is 2.11. The lowest BCUT2D eigenvalue weighted by atomic mass is 10.1. The number of carbonyl (C=O) groups excluding carboxylic acids is 1. The monoisotopic (exact) mass is 179 g/mol. The Labute approximate surface area is 75.1 Å². The van der Waals surface area contributed by atoms with Gasteiger partial charge in [0.25, 0.3) is 0 Å². The van der Waals surface area contributed by atoms with Crippen LogP contribution in [0.5, 0.6) is 0 Å². The lowest BCUT2D eigenvalue weighted by Gasteiger charge is -2.24. The average Bonchev–Trinajstić information content (AvgIpc) is 2.02. The van der Waals surface area contributed by atoms with E-state index in [0.717, 1.165) is 0 Å². The maximum Gasteiger partial charge on any atom is 0.233 e. The molecule has 1 aromatic rings. The van der Waals surface area contributed by atoms with Crippen molar-refractivity contribution in [2.24, 2.45) is 5.92 Å². The third-order valence-electron chi connectivity index (χ3n) is 1.82. The van der Waals surface area contributed by atoms with Gasteiger partial charge in [-0.3, -0.25) is 9.78 Å². The van der Waals surface area contributed by atoms with E-state index in [1.54, 1.807) is 6.20 Å².